The van der Waals surface area contributed by atoms with Crippen LogP contribution in [0.4, 0.5) is 5.69 Å². The quantitative estimate of drug-likeness (QED) is 0.384. The number of aromatic nitrogens is 1. The molecule has 2 aromatic rings. The topological polar surface area (TPSA) is 92.4 Å². The number of carbonyl (C=O) groups excluding carboxylic acids is 1. The highest BCUT2D eigenvalue weighted by Crippen LogP contribution is 2.56. The molecule has 1 aromatic carbocycles. The van der Waals surface area contributed by atoms with Crippen LogP contribution in [-0.2, 0) is 9.59 Å². The number of rotatable bonds is 10. The third kappa shape index (κ3) is 5.46. The van der Waals surface area contributed by atoms with Crippen molar-refractivity contribution in [2.45, 2.75) is 97.8 Å². The van der Waals surface area contributed by atoms with Crippen molar-refractivity contribution in [1.29, 1.82) is 0 Å². The molecule has 2 saturated carbocycles. The number of nitrogens with zero attached hydrogens (tertiary/aromatic N) is 1. The number of aryl methyl sites for hydroxylation is 2. The van der Waals surface area contributed by atoms with Crippen LogP contribution in [0.1, 0.15) is 112 Å². The van der Waals surface area contributed by atoms with E-state index in [2.05, 4.69) is 38.2 Å². The number of hydrogen-bond donors (Lipinski definition) is 2. The van der Waals surface area contributed by atoms with Crippen LogP contribution in [0.25, 0.3) is 0 Å². The van der Waals surface area contributed by atoms with Gasteiger partial charge in [-0.05, 0) is 74.3 Å². The molecule has 1 amide bonds. The molecule has 2 fully saturated rings. The van der Waals surface area contributed by atoms with Crippen LogP contribution >= 0.6 is 0 Å². The minimum Gasteiger partial charge on any atom is -0.481 e. The molecule has 2 aliphatic carbocycles. The van der Waals surface area contributed by atoms with Crippen LogP contribution in [0.15, 0.2) is 22.7 Å². The molecule has 2 N–H and O–H groups in total. The lowest BCUT2D eigenvalue weighted by Gasteiger charge is -2.47. The zero-order valence-electron chi connectivity index (χ0n) is 22.0. The van der Waals surface area contributed by atoms with Crippen LogP contribution in [0.3, 0.4) is 0 Å². The van der Waals surface area contributed by atoms with Gasteiger partial charge in [0.2, 0.25) is 5.91 Å². The Morgan fingerprint density at radius 2 is 1.83 bits per heavy atom. The molecule has 6 heteroatoms. The molecule has 1 aromatic heterocycles. The lowest BCUT2D eigenvalue weighted by molar-refractivity contribution is -0.137. The summed E-state index contributed by atoms with van der Waals surface area (Å²) in [4.78, 5) is 24.7. The summed E-state index contributed by atoms with van der Waals surface area (Å²) in [6, 6.07) is 5.87. The summed E-state index contributed by atoms with van der Waals surface area (Å²) in [5, 5.41) is 17.0. The third-order valence-corrected chi connectivity index (χ3v) is 8.71. The number of benzene rings is 1. The average Bonchev–Trinajstić information content (AvgIpc) is 3.47. The largest absolute Gasteiger partial charge is 0.481 e. The number of carboxylic acids is 1. The Balaban J connectivity index is 1.53. The second-order valence-corrected chi connectivity index (χ2v) is 11.8. The molecule has 0 radical (unpaired) electrons. The van der Waals surface area contributed by atoms with Crippen LogP contribution in [0.2, 0.25) is 0 Å². The van der Waals surface area contributed by atoms with Gasteiger partial charge in [-0.3, -0.25) is 9.59 Å². The van der Waals surface area contributed by atoms with Crippen molar-refractivity contribution in [3.63, 3.8) is 0 Å². The van der Waals surface area contributed by atoms with Crippen LogP contribution in [0, 0.1) is 31.1 Å². The van der Waals surface area contributed by atoms with Gasteiger partial charge in [-0.1, -0.05) is 50.5 Å². The molecule has 0 aliphatic heterocycles. The van der Waals surface area contributed by atoms with Crippen molar-refractivity contribution >= 4 is 17.6 Å². The van der Waals surface area contributed by atoms with Gasteiger partial charge in [0.05, 0.1) is 12.1 Å². The minimum atomic E-state index is -0.928. The van der Waals surface area contributed by atoms with Gasteiger partial charge in [0.1, 0.15) is 5.76 Å². The molecular formula is C29H40N2O4. The maximum Gasteiger partial charge on any atom is 0.304 e. The first-order valence-electron chi connectivity index (χ1n) is 13.1. The van der Waals surface area contributed by atoms with Crippen molar-refractivity contribution in [1.82, 2.24) is 5.16 Å². The number of aliphatic carboxylic acids is 1. The molecular weight excluding hydrogens is 440 g/mol. The van der Waals surface area contributed by atoms with Crippen molar-refractivity contribution in [2.75, 3.05) is 5.32 Å². The number of amides is 1. The van der Waals surface area contributed by atoms with E-state index in [1.54, 1.807) is 0 Å². The molecule has 6 nitrogen and oxygen atoms in total. The molecule has 0 spiro atoms. The monoisotopic (exact) mass is 480 g/mol. The predicted molar refractivity (Wildman–Crippen MR) is 137 cm³/mol. The maximum atomic E-state index is 13.0. The SMILES string of the molecule is Cc1ccc(NC(=O)C[C@H](CC(=O)O)c2noc(C3CC(C(C)(C)C(C)C)C3)c2C2CC2)c(C)c1. The zero-order chi connectivity index (χ0) is 25.5. The lowest BCUT2D eigenvalue weighted by Crippen LogP contribution is -2.38. The van der Waals surface area contributed by atoms with E-state index in [4.69, 9.17) is 4.52 Å². The van der Waals surface area contributed by atoms with E-state index in [0.29, 0.717) is 29.4 Å². The molecule has 35 heavy (non-hydrogen) atoms. The van der Waals surface area contributed by atoms with Gasteiger partial charge in [-0.15, -0.1) is 0 Å². The van der Waals surface area contributed by atoms with Crippen LogP contribution in [0.5, 0.6) is 0 Å². The number of anilines is 1. The van der Waals surface area contributed by atoms with Gasteiger partial charge in [-0.2, -0.15) is 0 Å². The maximum absolute atomic E-state index is 13.0. The van der Waals surface area contributed by atoms with Gasteiger partial charge in [0.25, 0.3) is 0 Å². The summed E-state index contributed by atoms with van der Waals surface area (Å²) in [6.07, 6.45) is 4.23. The van der Waals surface area contributed by atoms with Crippen molar-refractivity contribution < 1.29 is 19.2 Å². The van der Waals surface area contributed by atoms with E-state index in [9.17, 15) is 14.7 Å². The Morgan fingerprint density at radius 1 is 1.14 bits per heavy atom. The summed E-state index contributed by atoms with van der Waals surface area (Å²) in [7, 11) is 0. The number of hydrogen-bond acceptors (Lipinski definition) is 4. The van der Waals surface area contributed by atoms with E-state index < -0.39 is 11.9 Å². The highest BCUT2D eigenvalue weighted by molar-refractivity contribution is 5.92. The number of nitrogens with one attached hydrogen (secondary N) is 1. The van der Waals surface area contributed by atoms with Gasteiger partial charge in [-0.25, -0.2) is 0 Å². The zero-order valence-corrected chi connectivity index (χ0v) is 22.0. The standard InChI is InChI=1S/C29H40N2O4/c1-16(2)29(5,6)22-12-21(13-22)28-26(19-8-9-19)27(31-35-28)20(15-25(33)34)14-24(32)30-23-10-7-17(3)11-18(23)4/h7,10-11,16,19-22H,8-9,12-15H2,1-6H3,(H,30,32)(H,33,34)/t20-,21?,22?/m1/s1. The second kappa shape index (κ2) is 9.79. The fraction of sp³-hybridized carbons (Fsp3) is 0.621. The first kappa shape index (κ1) is 25.5. The first-order chi connectivity index (χ1) is 16.5. The van der Waals surface area contributed by atoms with E-state index >= 15 is 0 Å². The van der Waals surface area contributed by atoms with Crippen molar-refractivity contribution in [3.8, 4) is 0 Å². The smallest absolute Gasteiger partial charge is 0.304 e. The molecule has 190 valence electrons. The Labute approximate surface area is 208 Å². The molecule has 4 rings (SSSR count). The molecule has 1 heterocycles. The summed E-state index contributed by atoms with van der Waals surface area (Å²) >= 11 is 0. The Morgan fingerprint density at radius 3 is 2.40 bits per heavy atom. The highest BCUT2D eigenvalue weighted by Gasteiger charge is 2.46. The van der Waals surface area contributed by atoms with E-state index in [1.807, 2.05) is 32.0 Å². The molecule has 1 atom stereocenters. The Kier molecular flexibility index (Phi) is 7.12. The molecule has 0 saturated heterocycles. The van der Waals surface area contributed by atoms with Crippen LogP contribution < -0.4 is 5.32 Å². The molecule has 0 bridgehead atoms. The van der Waals surface area contributed by atoms with E-state index in [0.717, 1.165) is 53.8 Å². The Bertz CT molecular complexity index is 1090. The molecule has 0 unspecified atom stereocenters. The average molecular weight is 481 g/mol. The fourth-order valence-electron chi connectivity index (χ4n) is 5.46. The predicted octanol–water partition coefficient (Wildman–Crippen LogP) is 6.93. The third-order valence-electron chi connectivity index (χ3n) is 8.71. The lowest BCUT2D eigenvalue weighted by atomic mass is 9.57. The highest BCUT2D eigenvalue weighted by atomic mass is 16.5. The number of carbonyl (C=O) groups is 2. The van der Waals surface area contributed by atoms with Crippen LogP contribution in [-0.4, -0.2) is 22.1 Å². The van der Waals surface area contributed by atoms with E-state index in [1.165, 1.54) is 0 Å². The minimum absolute atomic E-state index is 0.0684. The van der Waals surface area contributed by atoms with E-state index in [-0.39, 0.29) is 24.2 Å². The van der Waals surface area contributed by atoms with Gasteiger partial charge < -0.3 is 14.9 Å². The summed E-state index contributed by atoms with van der Waals surface area (Å²) in [6.45, 7) is 13.2. The van der Waals surface area contributed by atoms with Gasteiger partial charge in [0, 0.05) is 29.5 Å². The first-order valence-corrected chi connectivity index (χ1v) is 13.1. The normalized spacial score (nSPS) is 21.0. The van der Waals surface area contributed by atoms with Crippen molar-refractivity contribution in [3.05, 3.63) is 46.3 Å². The summed E-state index contributed by atoms with van der Waals surface area (Å²) < 4.78 is 5.94. The summed E-state index contributed by atoms with van der Waals surface area (Å²) in [5.74, 6) is 1.29. The second-order valence-electron chi connectivity index (χ2n) is 11.8. The van der Waals surface area contributed by atoms with Gasteiger partial charge >= 0.3 is 5.97 Å². The van der Waals surface area contributed by atoms with Crippen molar-refractivity contribution in [2.24, 2.45) is 17.3 Å². The molecule has 2 aliphatic rings. The summed E-state index contributed by atoms with van der Waals surface area (Å²) in [5.41, 5.74) is 4.93. The Hall–Kier alpha value is -2.63. The van der Waals surface area contributed by atoms with Gasteiger partial charge in [0.15, 0.2) is 0 Å². The number of carboxylic acid groups (broad SMARTS) is 1. The fourth-order valence-corrected chi connectivity index (χ4v) is 5.46.